The summed E-state index contributed by atoms with van der Waals surface area (Å²) in [5.74, 6) is 0. The lowest BCUT2D eigenvalue weighted by atomic mass is 10.3. The number of hydrogen-bond donors (Lipinski definition) is 1. The minimum absolute atomic E-state index is 0.0191. The third-order valence-corrected chi connectivity index (χ3v) is 1.47. The normalized spacial score (nSPS) is 12.4. The van der Waals surface area contributed by atoms with Crippen LogP contribution in [0.25, 0.3) is 0 Å². The van der Waals surface area contributed by atoms with Crippen molar-refractivity contribution in [3.05, 3.63) is 25.3 Å². The standard InChI is InChI=1S/C10H18O3/c1-3-6-12-8-5-10(9-11)13-7-4-2/h3-4,10-11H,1-2,5-9H2. The second-order valence-corrected chi connectivity index (χ2v) is 2.58. The molecule has 3 heteroatoms. The molecule has 0 aromatic rings. The lowest BCUT2D eigenvalue weighted by molar-refractivity contribution is 0.00512. The molecule has 0 radical (unpaired) electrons. The summed E-state index contributed by atoms with van der Waals surface area (Å²) in [6, 6.07) is 0. The SMILES string of the molecule is C=CCOCCC(CO)OCC=C. The van der Waals surface area contributed by atoms with Crippen LogP contribution in [-0.2, 0) is 9.47 Å². The van der Waals surface area contributed by atoms with Gasteiger partial charge < -0.3 is 14.6 Å². The van der Waals surface area contributed by atoms with E-state index in [2.05, 4.69) is 13.2 Å². The Kier molecular flexibility index (Phi) is 8.98. The minimum atomic E-state index is -0.150. The molecule has 0 aromatic carbocycles. The Morgan fingerprint density at radius 3 is 2.46 bits per heavy atom. The van der Waals surface area contributed by atoms with Crippen LogP contribution < -0.4 is 0 Å². The molecule has 1 unspecified atom stereocenters. The molecule has 0 saturated heterocycles. The summed E-state index contributed by atoms with van der Waals surface area (Å²) in [6.45, 7) is 8.66. The zero-order valence-corrected chi connectivity index (χ0v) is 7.95. The van der Waals surface area contributed by atoms with Gasteiger partial charge in [-0.25, -0.2) is 0 Å². The van der Waals surface area contributed by atoms with Crippen molar-refractivity contribution in [1.29, 1.82) is 0 Å². The zero-order valence-electron chi connectivity index (χ0n) is 7.95. The topological polar surface area (TPSA) is 38.7 Å². The molecule has 0 fully saturated rings. The van der Waals surface area contributed by atoms with Crippen molar-refractivity contribution in [1.82, 2.24) is 0 Å². The molecule has 0 aliphatic carbocycles. The summed E-state index contributed by atoms with van der Waals surface area (Å²) < 4.78 is 10.4. The van der Waals surface area contributed by atoms with E-state index in [1.54, 1.807) is 12.2 Å². The molecule has 0 saturated carbocycles. The molecule has 0 aromatic heterocycles. The number of aliphatic hydroxyl groups is 1. The Balaban J connectivity index is 3.35. The zero-order chi connectivity index (χ0) is 9.94. The molecule has 1 atom stereocenters. The summed E-state index contributed by atoms with van der Waals surface area (Å²) in [6.07, 6.45) is 3.90. The summed E-state index contributed by atoms with van der Waals surface area (Å²) in [4.78, 5) is 0. The van der Waals surface area contributed by atoms with Gasteiger partial charge in [-0.2, -0.15) is 0 Å². The quantitative estimate of drug-likeness (QED) is 0.433. The van der Waals surface area contributed by atoms with Crippen LogP contribution in [-0.4, -0.2) is 37.6 Å². The van der Waals surface area contributed by atoms with Gasteiger partial charge in [0.25, 0.3) is 0 Å². The van der Waals surface area contributed by atoms with Crippen LogP contribution in [0.1, 0.15) is 6.42 Å². The Bertz CT molecular complexity index is 134. The van der Waals surface area contributed by atoms with Gasteiger partial charge in [-0.1, -0.05) is 12.2 Å². The van der Waals surface area contributed by atoms with Crippen LogP contribution in [0.15, 0.2) is 25.3 Å². The van der Waals surface area contributed by atoms with Crippen LogP contribution in [0.4, 0.5) is 0 Å². The van der Waals surface area contributed by atoms with E-state index in [-0.39, 0.29) is 12.7 Å². The van der Waals surface area contributed by atoms with Crippen molar-refractivity contribution in [3.63, 3.8) is 0 Å². The van der Waals surface area contributed by atoms with E-state index in [0.717, 1.165) is 0 Å². The number of ether oxygens (including phenoxy) is 2. The van der Waals surface area contributed by atoms with Gasteiger partial charge >= 0.3 is 0 Å². The van der Waals surface area contributed by atoms with Crippen molar-refractivity contribution < 1.29 is 14.6 Å². The number of rotatable bonds is 9. The van der Waals surface area contributed by atoms with Crippen LogP contribution in [0, 0.1) is 0 Å². The fraction of sp³-hybridized carbons (Fsp3) is 0.600. The molecule has 0 heterocycles. The van der Waals surface area contributed by atoms with Crippen LogP contribution >= 0.6 is 0 Å². The highest BCUT2D eigenvalue weighted by Gasteiger charge is 2.05. The first-order valence-corrected chi connectivity index (χ1v) is 4.37. The number of aliphatic hydroxyl groups excluding tert-OH is 1. The van der Waals surface area contributed by atoms with Gasteiger partial charge in [-0.05, 0) is 6.42 Å². The van der Waals surface area contributed by atoms with Gasteiger partial charge in [0.05, 0.1) is 25.9 Å². The van der Waals surface area contributed by atoms with Gasteiger partial charge in [0.2, 0.25) is 0 Å². The third kappa shape index (κ3) is 7.71. The molecule has 0 amide bonds. The van der Waals surface area contributed by atoms with Crippen LogP contribution in [0.3, 0.4) is 0 Å². The van der Waals surface area contributed by atoms with Gasteiger partial charge in [-0.15, -0.1) is 13.2 Å². The first kappa shape index (κ1) is 12.4. The van der Waals surface area contributed by atoms with Crippen molar-refractivity contribution in [2.24, 2.45) is 0 Å². The summed E-state index contributed by atoms with van der Waals surface area (Å²) >= 11 is 0. The van der Waals surface area contributed by atoms with Crippen molar-refractivity contribution >= 4 is 0 Å². The second-order valence-electron chi connectivity index (χ2n) is 2.58. The highest BCUT2D eigenvalue weighted by Crippen LogP contribution is 1.98. The van der Waals surface area contributed by atoms with E-state index in [1.165, 1.54) is 0 Å². The maximum atomic E-state index is 8.87. The Morgan fingerprint density at radius 1 is 1.23 bits per heavy atom. The largest absolute Gasteiger partial charge is 0.394 e. The Labute approximate surface area is 79.7 Å². The van der Waals surface area contributed by atoms with Gasteiger partial charge in [-0.3, -0.25) is 0 Å². The van der Waals surface area contributed by atoms with E-state index in [4.69, 9.17) is 14.6 Å². The maximum absolute atomic E-state index is 8.87. The smallest absolute Gasteiger partial charge is 0.0831 e. The highest BCUT2D eigenvalue weighted by molar-refractivity contribution is 4.67. The Morgan fingerprint density at radius 2 is 1.92 bits per heavy atom. The molecule has 0 rings (SSSR count). The van der Waals surface area contributed by atoms with Gasteiger partial charge in [0.1, 0.15) is 0 Å². The average molecular weight is 186 g/mol. The predicted molar refractivity (Wildman–Crippen MR) is 52.7 cm³/mol. The molecule has 0 bridgehead atoms. The van der Waals surface area contributed by atoms with Gasteiger partial charge in [0.15, 0.2) is 0 Å². The molecule has 0 aliphatic rings. The van der Waals surface area contributed by atoms with Crippen LogP contribution in [0.5, 0.6) is 0 Å². The van der Waals surface area contributed by atoms with E-state index in [1.807, 2.05) is 0 Å². The third-order valence-electron chi connectivity index (χ3n) is 1.47. The number of hydrogen-bond acceptors (Lipinski definition) is 3. The van der Waals surface area contributed by atoms with Crippen molar-refractivity contribution in [3.8, 4) is 0 Å². The summed E-state index contributed by atoms with van der Waals surface area (Å²) in [5.41, 5.74) is 0. The fourth-order valence-electron chi connectivity index (χ4n) is 0.813. The average Bonchev–Trinajstić information content (AvgIpc) is 2.17. The molecule has 1 N–H and O–H groups in total. The van der Waals surface area contributed by atoms with Crippen LogP contribution in [0.2, 0.25) is 0 Å². The maximum Gasteiger partial charge on any atom is 0.0831 e. The molecule has 0 aliphatic heterocycles. The fourth-order valence-corrected chi connectivity index (χ4v) is 0.813. The molecular weight excluding hydrogens is 168 g/mol. The minimum Gasteiger partial charge on any atom is -0.394 e. The molecule has 76 valence electrons. The molecule has 0 spiro atoms. The monoisotopic (exact) mass is 186 g/mol. The highest BCUT2D eigenvalue weighted by atomic mass is 16.5. The molecule has 3 nitrogen and oxygen atoms in total. The van der Waals surface area contributed by atoms with Crippen molar-refractivity contribution in [2.75, 3.05) is 26.4 Å². The Hall–Kier alpha value is -0.640. The van der Waals surface area contributed by atoms with E-state index in [9.17, 15) is 0 Å². The van der Waals surface area contributed by atoms with E-state index >= 15 is 0 Å². The van der Waals surface area contributed by atoms with E-state index < -0.39 is 0 Å². The van der Waals surface area contributed by atoms with Gasteiger partial charge in [0, 0.05) is 6.61 Å². The lowest BCUT2D eigenvalue weighted by Gasteiger charge is -2.13. The lowest BCUT2D eigenvalue weighted by Crippen LogP contribution is -2.20. The molecular formula is C10H18O3. The van der Waals surface area contributed by atoms with E-state index in [0.29, 0.717) is 26.2 Å². The second kappa shape index (κ2) is 9.45. The summed E-state index contributed by atoms with van der Waals surface area (Å²) in [5, 5.41) is 8.87. The first-order valence-electron chi connectivity index (χ1n) is 4.37. The first-order chi connectivity index (χ1) is 6.35. The van der Waals surface area contributed by atoms with Crippen molar-refractivity contribution in [2.45, 2.75) is 12.5 Å². The predicted octanol–water partition coefficient (Wildman–Crippen LogP) is 1.14. The summed E-state index contributed by atoms with van der Waals surface area (Å²) in [7, 11) is 0. The molecule has 13 heavy (non-hydrogen) atoms.